The van der Waals surface area contributed by atoms with Crippen LogP contribution in [0.5, 0.6) is 0 Å². The van der Waals surface area contributed by atoms with Crippen molar-refractivity contribution < 1.29 is 22.3 Å². The van der Waals surface area contributed by atoms with Crippen LogP contribution in [0.25, 0.3) is 0 Å². The Labute approximate surface area is 92.1 Å². The lowest BCUT2D eigenvalue weighted by molar-refractivity contribution is -0.139. The maximum atomic E-state index is 13.3. The Bertz CT molecular complexity index is 512. The van der Waals surface area contributed by atoms with Gasteiger partial charge in [0.2, 0.25) is 10.0 Å². The Morgan fingerprint density at radius 2 is 2.12 bits per heavy atom. The third-order valence-corrected chi connectivity index (χ3v) is 2.83. The molecule has 0 unspecified atom stereocenters. The van der Waals surface area contributed by atoms with Gasteiger partial charge in [0, 0.05) is 0 Å². The van der Waals surface area contributed by atoms with Crippen molar-refractivity contribution in [2.75, 3.05) is 7.11 Å². The van der Waals surface area contributed by atoms with Gasteiger partial charge < -0.3 is 4.74 Å². The van der Waals surface area contributed by atoms with Gasteiger partial charge in [-0.1, -0.05) is 6.07 Å². The number of sulfonamides is 1. The Morgan fingerprint density at radius 1 is 1.50 bits per heavy atom. The van der Waals surface area contributed by atoms with E-state index in [1.807, 2.05) is 0 Å². The van der Waals surface area contributed by atoms with Gasteiger partial charge in [-0.15, -0.1) is 0 Å². The van der Waals surface area contributed by atoms with E-state index in [9.17, 15) is 17.6 Å². The van der Waals surface area contributed by atoms with Gasteiger partial charge in [0.15, 0.2) is 0 Å². The number of methoxy groups -OCH3 is 1. The molecule has 1 rings (SSSR count). The van der Waals surface area contributed by atoms with E-state index in [4.69, 9.17) is 5.14 Å². The highest BCUT2D eigenvalue weighted by Crippen LogP contribution is 2.14. The molecule has 0 saturated carbocycles. The van der Waals surface area contributed by atoms with Crippen LogP contribution in [0.2, 0.25) is 0 Å². The fourth-order valence-corrected chi connectivity index (χ4v) is 1.60. The summed E-state index contributed by atoms with van der Waals surface area (Å²) >= 11 is 0. The third-order valence-electron chi connectivity index (χ3n) is 1.92. The van der Waals surface area contributed by atoms with Crippen LogP contribution in [0.1, 0.15) is 5.56 Å². The average Bonchev–Trinajstić information content (AvgIpc) is 2.19. The Kier molecular flexibility index (Phi) is 3.61. The van der Waals surface area contributed by atoms with Gasteiger partial charge in [0.1, 0.15) is 5.82 Å². The van der Waals surface area contributed by atoms with Crippen LogP contribution in [0, 0.1) is 5.82 Å². The van der Waals surface area contributed by atoms with Gasteiger partial charge in [-0.3, -0.25) is 4.79 Å². The first-order valence-corrected chi connectivity index (χ1v) is 5.77. The molecule has 88 valence electrons. The zero-order chi connectivity index (χ0) is 12.3. The molecule has 0 aromatic heterocycles. The van der Waals surface area contributed by atoms with E-state index in [1.165, 1.54) is 13.2 Å². The second kappa shape index (κ2) is 4.58. The first kappa shape index (κ1) is 12.6. The smallest absolute Gasteiger partial charge is 0.310 e. The second-order valence-electron chi connectivity index (χ2n) is 3.05. The maximum Gasteiger partial charge on any atom is 0.310 e. The van der Waals surface area contributed by atoms with Crippen LogP contribution in [0.15, 0.2) is 23.1 Å². The number of halogens is 1. The van der Waals surface area contributed by atoms with E-state index in [0.29, 0.717) is 0 Å². The Morgan fingerprint density at radius 3 is 2.56 bits per heavy atom. The van der Waals surface area contributed by atoms with Crippen LogP contribution >= 0.6 is 0 Å². The van der Waals surface area contributed by atoms with Crippen molar-refractivity contribution in [2.24, 2.45) is 5.14 Å². The van der Waals surface area contributed by atoms with Crippen molar-refractivity contribution in [3.8, 4) is 0 Å². The SMILES string of the molecule is COC(=O)Cc1ccc(S(N)(=O)=O)cc1F. The molecular formula is C9H10FNO4S. The van der Waals surface area contributed by atoms with Crippen molar-refractivity contribution in [1.82, 2.24) is 0 Å². The molecule has 0 saturated heterocycles. The molecule has 1 aromatic rings. The minimum absolute atomic E-state index is 0.0549. The Hall–Kier alpha value is -1.47. The molecule has 0 radical (unpaired) electrons. The minimum atomic E-state index is -3.93. The van der Waals surface area contributed by atoms with E-state index in [0.717, 1.165) is 12.1 Å². The Balaban J connectivity index is 3.06. The zero-order valence-corrected chi connectivity index (χ0v) is 9.25. The molecule has 5 nitrogen and oxygen atoms in total. The molecule has 0 bridgehead atoms. The lowest BCUT2D eigenvalue weighted by Crippen LogP contribution is -2.13. The van der Waals surface area contributed by atoms with E-state index < -0.39 is 21.8 Å². The lowest BCUT2D eigenvalue weighted by Gasteiger charge is -2.03. The number of carbonyl (C=O) groups excluding carboxylic acids is 1. The lowest BCUT2D eigenvalue weighted by atomic mass is 10.1. The van der Waals surface area contributed by atoms with Crippen LogP contribution in [0.3, 0.4) is 0 Å². The van der Waals surface area contributed by atoms with Gasteiger partial charge >= 0.3 is 5.97 Å². The zero-order valence-electron chi connectivity index (χ0n) is 8.44. The molecule has 7 heteroatoms. The maximum absolute atomic E-state index is 13.3. The number of nitrogens with two attached hydrogens (primary N) is 1. The van der Waals surface area contributed by atoms with Crippen molar-refractivity contribution >= 4 is 16.0 Å². The molecule has 2 N–H and O–H groups in total. The van der Waals surface area contributed by atoms with E-state index >= 15 is 0 Å². The van der Waals surface area contributed by atoms with Crippen LogP contribution < -0.4 is 5.14 Å². The normalized spacial score (nSPS) is 11.2. The highest BCUT2D eigenvalue weighted by Gasteiger charge is 2.13. The van der Waals surface area contributed by atoms with Crippen molar-refractivity contribution in [3.05, 3.63) is 29.6 Å². The standard InChI is InChI=1S/C9H10FNO4S/c1-15-9(12)4-6-2-3-7(5-8(6)10)16(11,13)14/h2-3,5H,4H2,1H3,(H2,11,13,14). The summed E-state index contributed by atoms with van der Waals surface area (Å²) in [4.78, 5) is 10.5. The van der Waals surface area contributed by atoms with Crippen LogP contribution in [-0.2, 0) is 26.0 Å². The van der Waals surface area contributed by atoms with Gasteiger partial charge in [-0.05, 0) is 17.7 Å². The molecule has 0 aliphatic heterocycles. The highest BCUT2D eigenvalue weighted by molar-refractivity contribution is 7.89. The first-order valence-electron chi connectivity index (χ1n) is 4.22. The van der Waals surface area contributed by atoms with Crippen molar-refractivity contribution in [3.63, 3.8) is 0 Å². The average molecular weight is 247 g/mol. The predicted octanol–water partition coefficient (Wildman–Crippen LogP) is 0.189. The second-order valence-corrected chi connectivity index (χ2v) is 4.61. The number of ether oxygens (including phenoxy) is 1. The molecule has 0 heterocycles. The van der Waals surface area contributed by atoms with Crippen molar-refractivity contribution in [2.45, 2.75) is 11.3 Å². The topological polar surface area (TPSA) is 86.5 Å². The van der Waals surface area contributed by atoms with E-state index in [1.54, 1.807) is 0 Å². The molecule has 0 spiro atoms. The number of carbonyl (C=O) groups is 1. The molecule has 0 fully saturated rings. The van der Waals surface area contributed by atoms with Gasteiger partial charge in [0.25, 0.3) is 0 Å². The third kappa shape index (κ3) is 3.01. The number of hydrogen-bond acceptors (Lipinski definition) is 4. The molecule has 0 aliphatic rings. The van der Waals surface area contributed by atoms with Crippen LogP contribution in [0.4, 0.5) is 4.39 Å². The monoisotopic (exact) mass is 247 g/mol. The molecule has 0 amide bonds. The number of esters is 1. The first-order chi connectivity index (χ1) is 7.34. The molecular weight excluding hydrogens is 237 g/mol. The summed E-state index contributed by atoms with van der Waals surface area (Å²) in [5.41, 5.74) is 0.0549. The van der Waals surface area contributed by atoms with Crippen molar-refractivity contribution in [1.29, 1.82) is 0 Å². The molecule has 16 heavy (non-hydrogen) atoms. The number of primary sulfonamides is 1. The molecule has 0 aliphatic carbocycles. The van der Waals surface area contributed by atoms with Crippen LogP contribution in [-0.4, -0.2) is 21.5 Å². The summed E-state index contributed by atoms with van der Waals surface area (Å²) in [6.07, 6.45) is -0.257. The summed E-state index contributed by atoms with van der Waals surface area (Å²) in [7, 11) is -2.75. The largest absolute Gasteiger partial charge is 0.469 e. The van der Waals surface area contributed by atoms with E-state index in [-0.39, 0.29) is 16.9 Å². The number of rotatable bonds is 3. The number of benzene rings is 1. The summed E-state index contributed by atoms with van der Waals surface area (Å²) in [6.45, 7) is 0. The molecule has 0 atom stereocenters. The summed E-state index contributed by atoms with van der Waals surface area (Å²) < 4.78 is 39.5. The summed E-state index contributed by atoms with van der Waals surface area (Å²) in [6, 6.07) is 3.09. The summed E-state index contributed by atoms with van der Waals surface area (Å²) in [5, 5.41) is 4.82. The fraction of sp³-hybridized carbons (Fsp3) is 0.222. The minimum Gasteiger partial charge on any atom is -0.469 e. The van der Waals surface area contributed by atoms with E-state index in [2.05, 4.69) is 4.74 Å². The quantitative estimate of drug-likeness (QED) is 0.772. The van der Waals surface area contributed by atoms with Gasteiger partial charge in [-0.25, -0.2) is 17.9 Å². The van der Waals surface area contributed by atoms with Gasteiger partial charge in [0.05, 0.1) is 18.4 Å². The van der Waals surface area contributed by atoms with Gasteiger partial charge in [-0.2, -0.15) is 0 Å². The highest BCUT2D eigenvalue weighted by atomic mass is 32.2. The molecule has 1 aromatic carbocycles. The number of hydrogen-bond donors (Lipinski definition) is 1. The predicted molar refractivity (Wildman–Crippen MR) is 53.5 cm³/mol. The fourth-order valence-electron chi connectivity index (χ4n) is 1.08. The summed E-state index contributed by atoms with van der Waals surface area (Å²) in [5.74, 6) is -1.42.